The SMILES string of the molecule is CCOC(=O)c1cc(C#Cc2ccc(S(=O)(=O)Nc3ncccc3C)cc2)cc(F)c1O. The summed E-state index contributed by atoms with van der Waals surface area (Å²) in [5.41, 5.74) is 0.965. The minimum atomic E-state index is -3.84. The van der Waals surface area contributed by atoms with Gasteiger partial charge in [-0.2, -0.15) is 0 Å². The van der Waals surface area contributed by atoms with E-state index in [9.17, 15) is 22.7 Å². The number of sulfonamides is 1. The lowest BCUT2D eigenvalue weighted by atomic mass is 10.1. The highest BCUT2D eigenvalue weighted by Crippen LogP contribution is 2.24. The second-order valence-electron chi connectivity index (χ2n) is 6.62. The van der Waals surface area contributed by atoms with Gasteiger partial charge in [0.15, 0.2) is 11.6 Å². The minimum Gasteiger partial charge on any atom is -0.504 e. The Kier molecular flexibility index (Phi) is 6.76. The van der Waals surface area contributed by atoms with E-state index in [2.05, 4.69) is 21.5 Å². The van der Waals surface area contributed by atoms with Crippen LogP contribution in [0.5, 0.6) is 5.75 Å². The number of hydrogen-bond acceptors (Lipinski definition) is 6. The highest BCUT2D eigenvalue weighted by atomic mass is 32.2. The zero-order valence-electron chi connectivity index (χ0n) is 17.2. The van der Waals surface area contributed by atoms with Crippen LogP contribution in [0.2, 0.25) is 0 Å². The van der Waals surface area contributed by atoms with Crippen molar-refractivity contribution >= 4 is 21.8 Å². The monoisotopic (exact) mass is 454 g/mol. The second-order valence-corrected chi connectivity index (χ2v) is 8.31. The van der Waals surface area contributed by atoms with E-state index in [0.717, 1.165) is 6.07 Å². The smallest absolute Gasteiger partial charge is 0.342 e. The Morgan fingerprint density at radius 3 is 2.50 bits per heavy atom. The Balaban J connectivity index is 1.83. The number of phenols is 1. The summed E-state index contributed by atoms with van der Waals surface area (Å²) in [5.74, 6) is 3.02. The molecule has 0 fully saturated rings. The van der Waals surface area contributed by atoms with E-state index in [1.165, 1.54) is 36.5 Å². The van der Waals surface area contributed by atoms with Crippen LogP contribution >= 0.6 is 0 Å². The summed E-state index contributed by atoms with van der Waals surface area (Å²) < 4.78 is 46.3. The fourth-order valence-corrected chi connectivity index (χ4v) is 3.76. The predicted octanol–water partition coefficient (Wildman–Crippen LogP) is 3.61. The molecule has 0 aliphatic rings. The lowest BCUT2D eigenvalue weighted by Crippen LogP contribution is -2.14. The number of benzene rings is 2. The average Bonchev–Trinajstić information content (AvgIpc) is 2.76. The normalized spacial score (nSPS) is 10.7. The van der Waals surface area contributed by atoms with Gasteiger partial charge < -0.3 is 9.84 Å². The number of carbonyl (C=O) groups is 1. The first-order valence-electron chi connectivity index (χ1n) is 9.47. The number of rotatable bonds is 5. The van der Waals surface area contributed by atoms with Crippen LogP contribution in [0.3, 0.4) is 0 Å². The molecule has 1 heterocycles. The molecule has 0 atom stereocenters. The van der Waals surface area contributed by atoms with Crippen LogP contribution in [-0.2, 0) is 14.8 Å². The van der Waals surface area contributed by atoms with E-state index >= 15 is 0 Å². The summed E-state index contributed by atoms with van der Waals surface area (Å²) in [6.07, 6.45) is 1.49. The van der Waals surface area contributed by atoms with Crippen molar-refractivity contribution < 1.29 is 27.4 Å². The molecule has 7 nitrogen and oxygen atoms in total. The standard InChI is InChI=1S/C23H19FN2O5S/c1-3-31-23(28)19-13-17(14-20(24)21(19)27)7-6-16-8-10-18(11-9-16)32(29,30)26-22-15(2)5-4-12-25-22/h4-5,8-14,27H,3H2,1-2H3,(H,25,26). The summed E-state index contributed by atoms with van der Waals surface area (Å²) >= 11 is 0. The van der Waals surface area contributed by atoms with Gasteiger partial charge in [-0.3, -0.25) is 4.72 Å². The number of hydrogen-bond donors (Lipinski definition) is 2. The highest BCUT2D eigenvalue weighted by molar-refractivity contribution is 7.92. The molecular formula is C23H19FN2O5S. The molecule has 0 aliphatic carbocycles. The maximum absolute atomic E-state index is 14.0. The topological polar surface area (TPSA) is 106 Å². The number of nitrogens with one attached hydrogen (secondary N) is 1. The van der Waals surface area contributed by atoms with Crippen molar-refractivity contribution in [2.75, 3.05) is 11.3 Å². The Bertz CT molecular complexity index is 1330. The number of nitrogens with zero attached hydrogens (tertiary/aromatic N) is 1. The molecule has 0 amide bonds. The van der Waals surface area contributed by atoms with Gasteiger partial charge in [-0.25, -0.2) is 22.6 Å². The Labute approximate surface area is 184 Å². The Morgan fingerprint density at radius 1 is 1.16 bits per heavy atom. The summed E-state index contributed by atoms with van der Waals surface area (Å²) in [6, 6.07) is 11.4. The van der Waals surface area contributed by atoms with Crippen LogP contribution in [0.25, 0.3) is 0 Å². The maximum atomic E-state index is 14.0. The molecule has 0 saturated carbocycles. The Hall–Kier alpha value is -3.90. The van der Waals surface area contributed by atoms with Gasteiger partial charge >= 0.3 is 5.97 Å². The van der Waals surface area contributed by atoms with Crippen LogP contribution in [0.1, 0.15) is 34.0 Å². The van der Waals surface area contributed by atoms with Crippen molar-refractivity contribution in [1.29, 1.82) is 0 Å². The highest BCUT2D eigenvalue weighted by Gasteiger charge is 2.18. The lowest BCUT2D eigenvalue weighted by molar-refractivity contribution is 0.0522. The van der Waals surface area contributed by atoms with Crippen LogP contribution in [0.15, 0.2) is 59.6 Å². The number of aromatic hydroxyl groups is 1. The van der Waals surface area contributed by atoms with E-state index in [4.69, 9.17) is 4.74 Å². The molecule has 164 valence electrons. The molecular weight excluding hydrogens is 435 g/mol. The third-order valence-electron chi connectivity index (χ3n) is 4.32. The van der Waals surface area contributed by atoms with Gasteiger partial charge in [0.05, 0.1) is 11.5 Å². The van der Waals surface area contributed by atoms with Crippen molar-refractivity contribution in [3.05, 3.63) is 82.8 Å². The number of halogens is 1. The summed E-state index contributed by atoms with van der Waals surface area (Å²) in [4.78, 5) is 15.9. The van der Waals surface area contributed by atoms with Gasteiger partial charge in [-0.15, -0.1) is 0 Å². The molecule has 0 bridgehead atoms. The van der Waals surface area contributed by atoms with Crippen LogP contribution < -0.4 is 4.72 Å². The average molecular weight is 454 g/mol. The van der Waals surface area contributed by atoms with Gasteiger partial charge in [0.1, 0.15) is 11.4 Å². The lowest BCUT2D eigenvalue weighted by Gasteiger charge is -2.09. The van der Waals surface area contributed by atoms with Gasteiger partial charge in [-0.1, -0.05) is 17.9 Å². The van der Waals surface area contributed by atoms with Gasteiger partial charge in [0.25, 0.3) is 10.0 Å². The fraction of sp³-hybridized carbons (Fsp3) is 0.130. The molecule has 3 rings (SSSR count). The maximum Gasteiger partial charge on any atom is 0.342 e. The first kappa shape index (κ1) is 22.8. The fourth-order valence-electron chi connectivity index (χ4n) is 2.68. The second kappa shape index (κ2) is 9.49. The number of phenolic OH excluding ortho intramolecular Hbond substituents is 1. The zero-order chi connectivity index (χ0) is 23.3. The number of aryl methyl sites for hydroxylation is 1. The zero-order valence-corrected chi connectivity index (χ0v) is 18.0. The summed E-state index contributed by atoms with van der Waals surface area (Å²) in [6.45, 7) is 3.40. The molecule has 0 saturated heterocycles. The first-order chi connectivity index (χ1) is 15.2. The van der Waals surface area contributed by atoms with E-state index in [0.29, 0.717) is 11.1 Å². The number of carbonyl (C=O) groups excluding carboxylic acids is 1. The molecule has 32 heavy (non-hydrogen) atoms. The third-order valence-corrected chi connectivity index (χ3v) is 5.67. The quantitative estimate of drug-likeness (QED) is 0.451. The molecule has 1 aromatic heterocycles. The minimum absolute atomic E-state index is 0.0216. The van der Waals surface area contributed by atoms with Crippen molar-refractivity contribution in [3.63, 3.8) is 0 Å². The molecule has 0 radical (unpaired) electrons. The largest absolute Gasteiger partial charge is 0.504 e. The summed E-state index contributed by atoms with van der Waals surface area (Å²) in [7, 11) is -3.84. The molecule has 2 N–H and O–H groups in total. The molecule has 9 heteroatoms. The van der Waals surface area contributed by atoms with Crippen LogP contribution in [0.4, 0.5) is 10.2 Å². The van der Waals surface area contributed by atoms with Crippen molar-refractivity contribution in [3.8, 4) is 17.6 Å². The van der Waals surface area contributed by atoms with E-state index in [-0.39, 0.29) is 28.4 Å². The van der Waals surface area contributed by atoms with Crippen LogP contribution in [0, 0.1) is 24.6 Å². The van der Waals surface area contributed by atoms with Crippen molar-refractivity contribution in [1.82, 2.24) is 4.98 Å². The van der Waals surface area contributed by atoms with Crippen molar-refractivity contribution in [2.45, 2.75) is 18.7 Å². The van der Waals surface area contributed by atoms with Gasteiger partial charge in [-0.05, 0) is 61.9 Å². The number of aromatic nitrogens is 1. The molecule has 0 aliphatic heterocycles. The first-order valence-corrected chi connectivity index (χ1v) is 11.0. The molecule has 3 aromatic rings. The summed E-state index contributed by atoms with van der Waals surface area (Å²) in [5, 5.41) is 9.74. The number of ether oxygens (including phenoxy) is 1. The molecule has 0 unspecified atom stereocenters. The Morgan fingerprint density at radius 2 is 1.84 bits per heavy atom. The number of pyridine rings is 1. The predicted molar refractivity (Wildman–Crippen MR) is 116 cm³/mol. The van der Waals surface area contributed by atoms with Gasteiger partial charge in [0.2, 0.25) is 0 Å². The number of esters is 1. The van der Waals surface area contributed by atoms with E-state index in [1.807, 2.05) is 0 Å². The third kappa shape index (κ3) is 5.22. The van der Waals surface area contributed by atoms with E-state index < -0.39 is 27.6 Å². The van der Waals surface area contributed by atoms with E-state index in [1.54, 1.807) is 26.0 Å². The van der Waals surface area contributed by atoms with Gasteiger partial charge in [0, 0.05) is 17.3 Å². The molecule has 2 aromatic carbocycles. The van der Waals surface area contributed by atoms with Crippen molar-refractivity contribution in [2.24, 2.45) is 0 Å². The number of anilines is 1. The molecule has 0 spiro atoms. The van der Waals surface area contributed by atoms with Crippen LogP contribution in [-0.4, -0.2) is 31.1 Å².